The zero-order valence-electron chi connectivity index (χ0n) is 10.9. The first-order valence-electron chi connectivity index (χ1n) is 6.50. The van der Waals surface area contributed by atoms with Crippen LogP contribution in [-0.4, -0.2) is 29.7 Å². The summed E-state index contributed by atoms with van der Waals surface area (Å²) in [5, 5.41) is 9.73. The molecule has 1 aromatic carbocycles. The molecule has 0 amide bonds. The van der Waals surface area contributed by atoms with E-state index in [1.54, 1.807) is 18.2 Å². The fourth-order valence-corrected chi connectivity index (χ4v) is 5.33. The van der Waals surface area contributed by atoms with Gasteiger partial charge >= 0.3 is 0 Å². The summed E-state index contributed by atoms with van der Waals surface area (Å²) in [6, 6.07) is 6.32. The van der Waals surface area contributed by atoms with Crippen LogP contribution in [0.15, 0.2) is 24.3 Å². The van der Waals surface area contributed by atoms with E-state index in [0.717, 1.165) is 6.42 Å². The van der Waals surface area contributed by atoms with Gasteiger partial charge in [-0.05, 0) is 19.3 Å². The highest BCUT2D eigenvalue weighted by Crippen LogP contribution is 2.29. The molecule has 0 aromatic heterocycles. The van der Waals surface area contributed by atoms with Crippen LogP contribution >= 0.6 is 11.6 Å². The summed E-state index contributed by atoms with van der Waals surface area (Å²) in [6.07, 6.45) is 2.25. The second-order valence-corrected chi connectivity index (χ2v) is 7.91. The number of rotatable bonds is 4. The number of alkyl halides is 1. The number of halogens is 1. The van der Waals surface area contributed by atoms with Crippen LogP contribution in [0.2, 0.25) is 0 Å². The molecule has 20 heavy (non-hydrogen) atoms. The quantitative estimate of drug-likeness (QED) is 0.486. The summed E-state index contributed by atoms with van der Waals surface area (Å²) >= 11 is 6.25. The van der Waals surface area contributed by atoms with Gasteiger partial charge in [-0.2, -0.15) is 0 Å². The van der Waals surface area contributed by atoms with Crippen molar-refractivity contribution in [3.8, 4) is 0 Å². The van der Waals surface area contributed by atoms with E-state index in [1.807, 2.05) is 0 Å². The first kappa shape index (κ1) is 15.3. The van der Waals surface area contributed by atoms with Crippen molar-refractivity contribution in [3.05, 3.63) is 39.9 Å². The van der Waals surface area contributed by atoms with Gasteiger partial charge < -0.3 is 0 Å². The summed E-state index contributed by atoms with van der Waals surface area (Å²) in [7, 11) is -3.18. The number of sulfone groups is 1. The Balaban J connectivity index is 2.20. The third-order valence-corrected chi connectivity index (χ3v) is 6.59. The molecule has 0 radical (unpaired) electrons. The Labute approximate surface area is 123 Å². The second-order valence-electron chi connectivity index (χ2n) is 5.01. The molecule has 0 N–H and O–H groups in total. The minimum atomic E-state index is -3.18. The highest BCUT2D eigenvalue weighted by molar-refractivity contribution is 7.92. The molecule has 1 aliphatic rings. The number of benzene rings is 1. The third-order valence-electron chi connectivity index (χ3n) is 3.64. The van der Waals surface area contributed by atoms with Gasteiger partial charge in [0.15, 0.2) is 9.84 Å². The minimum absolute atomic E-state index is 0.00800. The van der Waals surface area contributed by atoms with Crippen LogP contribution in [0.3, 0.4) is 0 Å². The third kappa shape index (κ3) is 3.30. The second kappa shape index (κ2) is 6.10. The monoisotopic (exact) mass is 317 g/mol. The first-order valence-corrected chi connectivity index (χ1v) is 8.65. The molecule has 1 saturated heterocycles. The van der Waals surface area contributed by atoms with Crippen molar-refractivity contribution >= 4 is 27.1 Å². The van der Waals surface area contributed by atoms with Crippen LogP contribution in [0.25, 0.3) is 0 Å². The zero-order chi connectivity index (χ0) is 14.8. The van der Waals surface area contributed by atoms with Gasteiger partial charge in [0.2, 0.25) is 0 Å². The SMILES string of the molecule is O=[N+]([O-])c1ccccc1CC(Cl)C1CCCCS1(=O)=O. The van der Waals surface area contributed by atoms with E-state index in [4.69, 9.17) is 11.6 Å². The van der Waals surface area contributed by atoms with Gasteiger partial charge in [0.05, 0.1) is 21.3 Å². The van der Waals surface area contributed by atoms with E-state index >= 15 is 0 Å². The lowest BCUT2D eigenvalue weighted by Crippen LogP contribution is -2.36. The van der Waals surface area contributed by atoms with Crippen LogP contribution < -0.4 is 0 Å². The number of nitrogens with zero attached hydrogens (tertiary/aromatic N) is 1. The Morgan fingerprint density at radius 2 is 2.05 bits per heavy atom. The van der Waals surface area contributed by atoms with Crippen LogP contribution in [0, 0.1) is 10.1 Å². The first-order chi connectivity index (χ1) is 9.42. The maximum Gasteiger partial charge on any atom is 0.272 e. The van der Waals surface area contributed by atoms with Gasteiger partial charge in [0.25, 0.3) is 5.69 Å². The zero-order valence-corrected chi connectivity index (χ0v) is 12.4. The maximum absolute atomic E-state index is 12.0. The smallest absolute Gasteiger partial charge is 0.258 e. The molecular formula is C13H16ClNO4S. The van der Waals surface area contributed by atoms with Crippen LogP contribution in [0.5, 0.6) is 0 Å². The van der Waals surface area contributed by atoms with E-state index in [2.05, 4.69) is 0 Å². The van der Waals surface area contributed by atoms with E-state index in [-0.39, 0.29) is 17.9 Å². The molecule has 2 rings (SSSR count). The van der Waals surface area contributed by atoms with Crippen molar-refractivity contribution in [2.45, 2.75) is 36.3 Å². The van der Waals surface area contributed by atoms with Crippen molar-refractivity contribution < 1.29 is 13.3 Å². The molecule has 0 bridgehead atoms. The average Bonchev–Trinajstić information content (AvgIpc) is 2.38. The molecular weight excluding hydrogens is 302 g/mol. The summed E-state index contributed by atoms with van der Waals surface area (Å²) in [5.41, 5.74) is 0.477. The molecule has 0 spiro atoms. The molecule has 0 saturated carbocycles. The predicted molar refractivity (Wildman–Crippen MR) is 77.9 cm³/mol. The summed E-state index contributed by atoms with van der Waals surface area (Å²) in [6.45, 7) is 0. The van der Waals surface area contributed by atoms with Gasteiger partial charge in [-0.3, -0.25) is 10.1 Å². The van der Waals surface area contributed by atoms with E-state index < -0.39 is 25.4 Å². The van der Waals surface area contributed by atoms with Gasteiger partial charge in [-0.25, -0.2) is 8.42 Å². The average molecular weight is 318 g/mol. The highest BCUT2D eigenvalue weighted by atomic mass is 35.5. The van der Waals surface area contributed by atoms with Gasteiger partial charge in [-0.1, -0.05) is 24.6 Å². The fraction of sp³-hybridized carbons (Fsp3) is 0.538. The summed E-state index contributed by atoms with van der Waals surface area (Å²) in [4.78, 5) is 10.5. The lowest BCUT2D eigenvalue weighted by Gasteiger charge is -2.26. The summed E-state index contributed by atoms with van der Waals surface area (Å²) in [5.74, 6) is 0.164. The van der Waals surface area contributed by atoms with E-state index in [1.165, 1.54) is 6.07 Å². The Kier molecular flexibility index (Phi) is 4.65. The number of nitro benzene ring substituents is 1. The molecule has 2 atom stereocenters. The van der Waals surface area contributed by atoms with Crippen molar-refractivity contribution in [1.29, 1.82) is 0 Å². The molecule has 5 nitrogen and oxygen atoms in total. The number of hydrogen-bond donors (Lipinski definition) is 0. The van der Waals surface area contributed by atoms with E-state index in [0.29, 0.717) is 18.4 Å². The standard InChI is InChI=1S/C13H16ClNO4S/c14-11(13-7-3-4-8-20(13,18)19)9-10-5-1-2-6-12(10)15(16)17/h1-2,5-6,11,13H,3-4,7-9H2. The lowest BCUT2D eigenvalue weighted by molar-refractivity contribution is -0.385. The molecule has 0 aliphatic carbocycles. The highest BCUT2D eigenvalue weighted by Gasteiger charge is 2.35. The van der Waals surface area contributed by atoms with Crippen molar-refractivity contribution in [2.24, 2.45) is 0 Å². The van der Waals surface area contributed by atoms with Crippen LogP contribution in [0.1, 0.15) is 24.8 Å². The van der Waals surface area contributed by atoms with Crippen LogP contribution in [0.4, 0.5) is 5.69 Å². The number of para-hydroxylation sites is 1. The molecule has 1 aromatic rings. The normalized spacial score (nSPS) is 23.1. The Morgan fingerprint density at radius 1 is 1.35 bits per heavy atom. The summed E-state index contributed by atoms with van der Waals surface area (Å²) < 4.78 is 24.0. The van der Waals surface area contributed by atoms with Gasteiger partial charge in [0, 0.05) is 11.6 Å². The number of nitro groups is 1. The topological polar surface area (TPSA) is 77.3 Å². The van der Waals surface area contributed by atoms with Crippen molar-refractivity contribution in [2.75, 3.05) is 5.75 Å². The van der Waals surface area contributed by atoms with E-state index in [9.17, 15) is 18.5 Å². The Morgan fingerprint density at radius 3 is 2.70 bits per heavy atom. The molecule has 110 valence electrons. The maximum atomic E-state index is 12.0. The van der Waals surface area contributed by atoms with Gasteiger partial charge in [0.1, 0.15) is 0 Å². The van der Waals surface area contributed by atoms with Crippen LogP contribution in [-0.2, 0) is 16.3 Å². The fourth-order valence-electron chi connectivity index (χ4n) is 2.59. The molecule has 7 heteroatoms. The van der Waals surface area contributed by atoms with Crippen molar-refractivity contribution in [1.82, 2.24) is 0 Å². The predicted octanol–water partition coefficient (Wildman–Crippen LogP) is 2.71. The minimum Gasteiger partial charge on any atom is -0.258 e. The molecule has 2 unspecified atom stereocenters. The lowest BCUT2D eigenvalue weighted by atomic mass is 10.0. The Bertz CT molecular complexity index is 602. The van der Waals surface area contributed by atoms with Crippen molar-refractivity contribution in [3.63, 3.8) is 0 Å². The largest absolute Gasteiger partial charge is 0.272 e. The molecule has 1 heterocycles. The molecule has 1 fully saturated rings. The molecule has 1 aliphatic heterocycles. The Hall–Kier alpha value is -1.14. The van der Waals surface area contributed by atoms with Gasteiger partial charge in [-0.15, -0.1) is 11.6 Å². The number of hydrogen-bond acceptors (Lipinski definition) is 4.